The van der Waals surface area contributed by atoms with Gasteiger partial charge in [-0.15, -0.1) is 0 Å². The molecule has 0 saturated heterocycles. The van der Waals surface area contributed by atoms with Crippen molar-refractivity contribution in [3.05, 3.63) is 30.3 Å². The number of hydrogen-bond donors (Lipinski definition) is 1. The number of carbonyl (C=O) groups excluding carboxylic acids is 1. The van der Waals surface area contributed by atoms with Gasteiger partial charge in [0.25, 0.3) is 0 Å². The molecular weight excluding hydrogens is 223 g/mol. The Morgan fingerprint density at radius 1 is 1.33 bits per heavy atom. The molecule has 6 nitrogen and oxygen atoms in total. The molecule has 1 rings (SSSR count). The first-order valence-corrected chi connectivity index (χ1v) is 5.38. The molecule has 0 aromatic heterocycles. The van der Waals surface area contributed by atoms with E-state index in [0.717, 1.165) is 7.11 Å². The van der Waals surface area contributed by atoms with Crippen LogP contribution in [0, 0.1) is 0 Å². The van der Waals surface area contributed by atoms with E-state index in [1.54, 1.807) is 18.2 Å². The van der Waals surface area contributed by atoms with Crippen LogP contribution in [0.25, 0.3) is 0 Å². The summed E-state index contributed by atoms with van der Waals surface area (Å²) >= 11 is 0. The number of rotatable bonds is 3. The van der Waals surface area contributed by atoms with Gasteiger partial charge >= 0.3 is 14.0 Å². The van der Waals surface area contributed by atoms with Gasteiger partial charge in [-0.2, -0.15) is 0 Å². The van der Waals surface area contributed by atoms with E-state index in [4.69, 9.17) is 4.89 Å². The van der Waals surface area contributed by atoms with E-state index in [2.05, 4.69) is 13.8 Å². The second-order valence-corrected chi connectivity index (χ2v) is 3.72. The molecule has 0 heterocycles. The van der Waals surface area contributed by atoms with Gasteiger partial charge in [-0.25, -0.2) is 9.36 Å². The van der Waals surface area contributed by atoms with E-state index in [9.17, 15) is 9.36 Å². The van der Waals surface area contributed by atoms with Crippen LogP contribution in [0.4, 0.5) is 4.79 Å². The molecule has 7 heteroatoms. The van der Waals surface area contributed by atoms with Crippen molar-refractivity contribution in [2.24, 2.45) is 0 Å². The van der Waals surface area contributed by atoms with Crippen molar-refractivity contribution in [2.75, 3.05) is 7.11 Å². The third-order valence-corrected chi connectivity index (χ3v) is 2.14. The first-order chi connectivity index (χ1) is 7.03. The molecule has 82 valence electrons. The summed E-state index contributed by atoms with van der Waals surface area (Å²) in [6.07, 6.45) is -1.28. The van der Waals surface area contributed by atoms with Gasteiger partial charge in [0.05, 0.1) is 7.11 Å². The number of methoxy groups -OCH3 is 1. The van der Waals surface area contributed by atoms with Gasteiger partial charge in [0.15, 0.2) is 0 Å². The van der Waals surface area contributed by atoms with E-state index >= 15 is 0 Å². The van der Waals surface area contributed by atoms with Gasteiger partial charge in [0.1, 0.15) is 5.75 Å². The Bertz CT molecular complexity index is 376. The molecule has 1 N–H and O–H groups in total. The van der Waals surface area contributed by atoms with E-state index in [0.29, 0.717) is 0 Å². The maximum atomic E-state index is 11.2. The molecule has 0 radical (unpaired) electrons. The maximum Gasteiger partial charge on any atom is 0.589 e. The lowest BCUT2D eigenvalue weighted by Gasteiger charge is -2.10. The average molecular weight is 232 g/mol. The minimum Gasteiger partial charge on any atom is -0.437 e. The summed E-state index contributed by atoms with van der Waals surface area (Å²) in [4.78, 5) is 19.6. The van der Waals surface area contributed by atoms with E-state index < -0.39 is 14.0 Å². The lowest BCUT2D eigenvalue weighted by Crippen LogP contribution is -2.05. The molecule has 1 aromatic carbocycles. The van der Waals surface area contributed by atoms with Gasteiger partial charge in [-0.05, 0) is 12.1 Å². The zero-order valence-corrected chi connectivity index (χ0v) is 8.72. The van der Waals surface area contributed by atoms with Gasteiger partial charge in [0, 0.05) is 0 Å². The highest BCUT2D eigenvalue weighted by Gasteiger charge is 2.28. The Hall–Kier alpha value is -1.52. The fourth-order valence-electron chi connectivity index (χ4n) is 0.765. The second kappa shape index (κ2) is 4.82. The van der Waals surface area contributed by atoms with Crippen LogP contribution in [0.1, 0.15) is 0 Å². The maximum absolute atomic E-state index is 11.2. The first-order valence-electron chi connectivity index (χ1n) is 3.88. The van der Waals surface area contributed by atoms with Crippen molar-refractivity contribution < 1.29 is 28.0 Å². The summed E-state index contributed by atoms with van der Waals surface area (Å²) < 4.78 is 23.8. The molecule has 1 unspecified atom stereocenters. The van der Waals surface area contributed by atoms with Crippen LogP contribution in [0.3, 0.4) is 0 Å². The minimum atomic E-state index is -4.46. The normalized spacial score (nSPS) is 13.7. The zero-order valence-electron chi connectivity index (χ0n) is 7.82. The fraction of sp³-hybridized carbons (Fsp3) is 0.125. The summed E-state index contributed by atoms with van der Waals surface area (Å²) in [5.41, 5.74) is 0. The highest BCUT2D eigenvalue weighted by molar-refractivity contribution is 7.48. The molecule has 0 bridgehead atoms. The lowest BCUT2D eigenvalue weighted by molar-refractivity contribution is 0.107. The summed E-state index contributed by atoms with van der Waals surface area (Å²) in [6.45, 7) is 0. The zero-order chi connectivity index (χ0) is 11.3. The molecule has 0 aliphatic heterocycles. The molecule has 0 aliphatic carbocycles. The standard InChI is InChI=1S/C8H9O6P/c1-12-8(9)14-15(10,11)13-7-5-3-2-4-6-7/h2-6H,1H3,(H,10,11). The molecule has 0 saturated carbocycles. The topological polar surface area (TPSA) is 82.1 Å². The summed E-state index contributed by atoms with van der Waals surface area (Å²) in [5, 5.41) is 0. The second-order valence-electron chi connectivity index (χ2n) is 2.42. The van der Waals surface area contributed by atoms with Crippen molar-refractivity contribution in [3.8, 4) is 5.75 Å². The van der Waals surface area contributed by atoms with Crippen molar-refractivity contribution in [1.29, 1.82) is 0 Å². The molecule has 0 spiro atoms. The van der Waals surface area contributed by atoms with Crippen LogP contribution >= 0.6 is 7.82 Å². The molecular formula is C8H9O6P. The Morgan fingerprint density at radius 2 is 1.93 bits per heavy atom. The lowest BCUT2D eigenvalue weighted by atomic mass is 10.3. The SMILES string of the molecule is COC(=O)OP(=O)(O)Oc1ccccc1. The van der Waals surface area contributed by atoms with Crippen LogP contribution in [0.5, 0.6) is 5.75 Å². The first kappa shape index (κ1) is 11.6. The Kier molecular flexibility index (Phi) is 3.71. The van der Waals surface area contributed by atoms with Gasteiger partial charge in [-0.3, -0.25) is 4.89 Å². The molecule has 15 heavy (non-hydrogen) atoms. The number of para-hydroxylation sites is 1. The molecule has 0 fully saturated rings. The number of carbonyl (C=O) groups is 1. The number of phosphoric acid groups is 1. The van der Waals surface area contributed by atoms with E-state index in [1.807, 2.05) is 0 Å². The van der Waals surface area contributed by atoms with Crippen LogP contribution in [0.15, 0.2) is 30.3 Å². The van der Waals surface area contributed by atoms with Crippen LogP contribution in [-0.2, 0) is 13.8 Å². The molecule has 0 amide bonds. The fourth-order valence-corrected chi connectivity index (χ4v) is 1.45. The molecule has 1 atom stereocenters. The highest BCUT2D eigenvalue weighted by Crippen LogP contribution is 2.43. The van der Waals surface area contributed by atoms with Gasteiger partial charge < -0.3 is 13.8 Å². The summed E-state index contributed by atoms with van der Waals surface area (Å²) in [7, 11) is -3.44. The third kappa shape index (κ3) is 4.01. The van der Waals surface area contributed by atoms with Crippen molar-refractivity contribution in [2.45, 2.75) is 0 Å². The number of hydrogen-bond acceptors (Lipinski definition) is 5. The van der Waals surface area contributed by atoms with Crippen LogP contribution in [0.2, 0.25) is 0 Å². The van der Waals surface area contributed by atoms with Crippen molar-refractivity contribution in [1.82, 2.24) is 0 Å². The highest BCUT2D eigenvalue weighted by atomic mass is 31.2. The Labute approximate surface area is 86.0 Å². The van der Waals surface area contributed by atoms with Gasteiger partial charge in [-0.1, -0.05) is 18.2 Å². The van der Waals surface area contributed by atoms with Crippen molar-refractivity contribution >= 4 is 14.0 Å². The predicted octanol–water partition coefficient (Wildman–Crippen LogP) is 1.95. The third-order valence-electron chi connectivity index (χ3n) is 1.32. The predicted molar refractivity (Wildman–Crippen MR) is 50.4 cm³/mol. The van der Waals surface area contributed by atoms with Crippen molar-refractivity contribution in [3.63, 3.8) is 0 Å². The molecule has 0 aliphatic rings. The summed E-state index contributed by atoms with van der Waals surface area (Å²) in [6, 6.07) is 7.81. The van der Waals surface area contributed by atoms with Crippen LogP contribution in [-0.4, -0.2) is 18.2 Å². The van der Waals surface area contributed by atoms with E-state index in [-0.39, 0.29) is 5.75 Å². The van der Waals surface area contributed by atoms with E-state index in [1.165, 1.54) is 12.1 Å². The smallest absolute Gasteiger partial charge is 0.437 e. The average Bonchev–Trinajstić information content (AvgIpc) is 2.17. The van der Waals surface area contributed by atoms with Gasteiger partial charge in [0.2, 0.25) is 0 Å². The van der Waals surface area contributed by atoms with Crippen LogP contribution < -0.4 is 4.52 Å². The minimum absolute atomic E-state index is 0.118. The number of benzene rings is 1. The number of ether oxygens (including phenoxy) is 1. The Morgan fingerprint density at radius 3 is 2.47 bits per heavy atom. The summed E-state index contributed by atoms with van der Waals surface area (Å²) in [5.74, 6) is 0.118. The quantitative estimate of drug-likeness (QED) is 0.633. The largest absolute Gasteiger partial charge is 0.589 e. The monoisotopic (exact) mass is 232 g/mol. The number of phosphoric ester groups is 1. The Balaban J connectivity index is 2.65. The molecule has 1 aromatic rings.